The van der Waals surface area contributed by atoms with Gasteiger partial charge in [-0.25, -0.2) is 0 Å². The van der Waals surface area contributed by atoms with Gasteiger partial charge < -0.3 is 5.73 Å². The molecule has 5 heteroatoms. The van der Waals surface area contributed by atoms with Crippen LogP contribution in [0.25, 0.3) is 0 Å². The lowest BCUT2D eigenvalue weighted by molar-refractivity contribution is -0.325. The van der Waals surface area contributed by atoms with Gasteiger partial charge in [-0.3, -0.25) is 4.74 Å². The maximum Gasteiger partial charge on any atom is 0.522 e. The Hall–Kier alpha value is -0.290. The molecule has 0 aliphatic carbocycles. The second-order valence-electron chi connectivity index (χ2n) is 1.73. The topological polar surface area (TPSA) is 35.2 Å². The van der Waals surface area contributed by atoms with E-state index in [2.05, 4.69) is 4.74 Å². The first-order chi connectivity index (χ1) is 3.92. The third-order valence-electron chi connectivity index (χ3n) is 0.510. The van der Waals surface area contributed by atoms with E-state index in [1.165, 1.54) is 6.92 Å². The minimum absolute atomic E-state index is 0.483. The molecular weight excluding hydrogens is 135 g/mol. The van der Waals surface area contributed by atoms with Gasteiger partial charge in [0.2, 0.25) is 0 Å². The minimum atomic E-state index is -4.55. The lowest BCUT2D eigenvalue weighted by atomic mass is 10.4. The molecule has 56 valence electrons. The molecule has 2 N–H and O–H groups in total. The molecule has 0 unspecified atom stereocenters. The normalized spacial score (nSPS) is 15.7. The summed E-state index contributed by atoms with van der Waals surface area (Å²) in [5.41, 5.74) is 4.97. The Morgan fingerprint density at radius 3 is 2.11 bits per heavy atom. The van der Waals surface area contributed by atoms with Crippen molar-refractivity contribution in [2.45, 2.75) is 19.3 Å². The van der Waals surface area contributed by atoms with Crippen LogP contribution in [-0.4, -0.2) is 19.0 Å². The molecule has 0 radical (unpaired) electrons. The molecule has 2 nitrogen and oxygen atoms in total. The van der Waals surface area contributed by atoms with E-state index in [1.807, 2.05) is 0 Å². The Bertz CT molecular complexity index is 80.4. The SMILES string of the molecule is C[C@@H](N)COC(F)(F)F. The molecule has 0 heterocycles. The van der Waals surface area contributed by atoms with Crippen molar-refractivity contribution in [3.8, 4) is 0 Å². The fourth-order valence-electron chi connectivity index (χ4n) is 0.226. The quantitative estimate of drug-likeness (QED) is 0.622. The average Bonchev–Trinajstić information content (AvgIpc) is 1.59. The van der Waals surface area contributed by atoms with Crippen LogP contribution < -0.4 is 5.73 Å². The minimum Gasteiger partial charge on any atom is -0.326 e. The molecule has 1 atom stereocenters. The van der Waals surface area contributed by atoms with Crippen molar-refractivity contribution >= 4 is 0 Å². The van der Waals surface area contributed by atoms with E-state index in [0.717, 1.165) is 0 Å². The Morgan fingerprint density at radius 2 is 2.00 bits per heavy atom. The highest BCUT2D eigenvalue weighted by Crippen LogP contribution is 2.15. The molecule has 0 aromatic rings. The Kier molecular flexibility index (Phi) is 2.93. The predicted octanol–water partition coefficient (Wildman–Crippen LogP) is 0.870. The van der Waals surface area contributed by atoms with Gasteiger partial charge >= 0.3 is 6.36 Å². The predicted molar refractivity (Wildman–Crippen MR) is 25.7 cm³/mol. The Labute approximate surface area is 50.8 Å². The number of halogens is 3. The fourth-order valence-corrected chi connectivity index (χ4v) is 0.226. The molecular formula is C4H8F3NO. The molecule has 0 fully saturated rings. The lowest BCUT2D eigenvalue weighted by Crippen LogP contribution is -2.27. The van der Waals surface area contributed by atoms with Crippen LogP contribution >= 0.6 is 0 Å². The van der Waals surface area contributed by atoms with E-state index in [0.29, 0.717) is 0 Å². The van der Waals surface area contributed by atoms with Crippen molar-refractivity contribution < 1.29 is 17.9 Å². The summed E-state index contributed by atoms with van der Waals surface area (Å²) in [4.78, 5) is 0. The standard InChI is InChI=1S/C4H8F3NO/c1-3(8)2-9-4(5,6)7/h3H,2,8H2,1H3/t3-/m1/s1. The first-order valence-corrected chi connectivity index (χ1v) is 2.38. The van der Waals surface area contributed by atoms with Crippen LogP contribution in [0.1, 0.15) is 6.92 Å². The number of ether oxygens (including phenoxy) is 1. The molecule has 0 amide bonds. The van der Waals surface area contributed by atoms with Crippen molar-refractivity contribution in [3.05, 3.63) is 0 Å². The van der Waals surface area contributed by atoms with Crippen LogP contribution in [0.5, 0.6) is 0 Å². The van der Waals surface area contributed by atoms with Crippen LogP contribution in [0.15, 0.2) is 0 Å². The number of rotatable bonds is 2. The maximum absolute atomic E-state index is 11.1. The van der Waals surface area contributed by atoms with Gasteiger partial charge in [0, 0.05) is 6.04 Å². The van der Waals surface area contributed by atoms with Gasteiger partial charge in [0.15, 0.2) is 0 Å². The molecule has 9 heavy (non-hydrogen) atoms. The summed E-state index contributed by atoms with van der Waals surface area (Å²) in [6.45, 7) is 0.954. The van der Waals surface area contributed by atoms with Gasteiger partial charge in [0.1, 0.15) is 0 Å². The molecule has 0 aromatic heterocycles. The first-order valence-electron chi connectivity index (χ1n) is 2.38. The van der Waals surface area contributed by atoms with Gasteiger partial charge in [-0.15, -0.1) is 13.2 Å². The number of alkyl halides is 3. The molecule has 0 aliphatic rings. The summed E-state index contributed by atoms with van der Waals surface area (Å²) in [6, 6.07) is -0.577. The zero-order valence-corrected chi connectivity index (χ0v) is 4.90. The third kappa shape index (κ3) is 7.71. The van der Waals surface area contributed by atoms with Gasteiger partial charge in [-0.05, 0) is 6.92 Å². The molecule has 0 aliphatic heterocycles. The molecule has 0 aromatic carbocycles. The largest absolute Gasteiger partial charge is 0.522 e. The average molecular weight is 143 g/mol. The van der Waals surface area contributed by atoms with Crippen LogP contribution in [0.3, 0.4) is 0 Å². The van der Waals surface area contributed by atoms with E-state index >= 15 is 0 Å². The highest BCUT2D eigenvalue weighted by atomic mass is 19.4. The monoisotopic (exact) mass is 143 g/mol. The van der Waals surface area contributed by atoms with E-state index < -0.39 is 19.0 Å². The zero-order valence-electron chi connectivity index (χ0n) is 4.90. The number of nitrogens with two attached hydrogens (primary N) is 1. The first kappa shape index (κ1) is 8.71. The number of hydrogen-bond donors (Lipinski definition) is 1. The van der Waals surface area contributed by atoms with Gasteiger partial charge in [0.05, 0.1) is 6.61 Å². The highest BCUT2D eigenvalue weighted by molar-refractivity contribution is 4.48. The summed E-state index contributed by atoms with van der Waals surface area (Å²) in [7, 11) is 0. The van der Waals surface area contributed by atoms with Gasteiger partial charge in [-0.2, -0.15) is 0 Å². The molecule has 0 spiro atoms. The summed E-state index contributed by atoms with van der Waals surface area (Å²) < 4.78 is 36.8. The van der Waals surface area contributed by atoms with E-state index in [-0.39, 0.29) is 0 Å². The number of hydrogen-bond acceptors (Lipinski definition) is 2. The van der Waals surface area contributed by atoms with Crippen molar-refractivity contribution in [3.63, 3.8) is 0 Å². The van der Waals surface area contributed by atoms with Crippen molar-refractivity contribution in [2.75, 3.05) is 6.61 Å². The lowest BCUT2D eigenvalue weighted by Gasteiger charge is -2.08. The fraction of sp³-hybridized carbons (Fsp3) is 1.00. The molecule has 0 saturated heterocycles. The van der Waals surface area contributed by atoms with E-state index in [4.69, 9.17) is 5.73 Å². The van der Waals surface area contributed by atoms with Crippen molar-refractivity contribution in [1.82, 2.24) is 0 Å². The Morgan fingerprint density at radius 1 is 1.56 bits per heavy atom. The molecule has 0 bridgehead atoms. The zero-order chi connectivity index (χ0) is 7.49. The van der Waals surface area contributed by atoms with Crippen LogP contribution in [0.4, 0.5) is 13.2 Å². The van der Waals surface area contributed by atoms with Crippen molar-refractivity contribution in [2.24, 2.45) is 5.73 Å². The summed E-state index contributed by atoms with van der Waals surface area (Å²) >= 11 is 0. The summed E-state index contributed by atoms with van der Waals surface area (Å²) in [6.07, 6.45) is -4.55. The molecule has 0 rings (SSSR count). The van der Waals surface area contributed by atoms with Crippen LogP contribution in [-0.2, 0) is 4.74 Å². The second kappa shape index (κ2) is 3.03. The van der Waals surface area contributed by atoms with Crippen molar-refractivity contribution in [1.29, 1.82) is 0 Å². The van der Waals surface area contributed by atoms with E-state index in [9.17, 15) is 13.2 Å². The van der Waals surface area contributed by atoms with E-state index in [1.54, 1.807) is 0 Å². The Balaban J connectivity index is 3.28. The molecule has 0 saturated carbocycles. The third-order valence-corrected chi connectivity index (χ3v) is 0.510. The second-order valence-corrected chi connectivity index (χ2v) is 1.73. The summed E-state index contributed by atoms with van der Waals surface area (Å²) in [5, 5.41) is 0. The van der Waals surface area contributed by atoms with Gasteiger partial charge in [0.25, 0.3) is 0 Å². The summed E-state index contributed by atoms with van der Waals surface area (Å²) in [5.74, 6) is 0. The maximum atomic E-state index is 11.1. The van der Waals surface area contributed by atoms with Crippen LogP contribution in [0.2, 0.25) is 0 Å². The van der Waals surface area contributed by atoms with Gasteiger partial charge in [-0.1, -0.05) is 0 Å². The van der Waals surface area contributed by atoms with Crippen LogP contribution in [0, 0.1) is 0 Å². The smallest absolute Gasteiger partial charge is 0.326 e. The highest BCUT2D eigenvalue weighted by Gasteiger charge is 2.28.